The zero-order valence-electron chi connectivity index (χ0n) is 9.11. The summed E-state index contributed by atoms with van der Waals surface area (Å²) in [6.45, 7) is 0. The number of hydrogen-bond donors (Lipinski definition) is 1. The van der Waals surface area contributed by atoms with E-state index in [4.69, 9.17) is 4.84 Å². The Labute approximate surface area is 93.0 Å². The molecule has 84 valence electrons. The van der Waals surface area contributed by atoms with E-state index >= 15 is 0 Å². The lowest BCUT2D eigenvalue weighted by atomic mass is 10.1. The number of anilines is 1. The van der Waals surface area contributed by atoms with Crippen LogP contribution in [-0.4, -0.2) is 31.0 Å². The molecular formula is C11H12N2O3. The largest absolute Gasteiger partial charge is 0.326 e. The molecule has 0 radical (unpaired) electrons. The van der Waals surface area contributed by atoms with Crippen molar-refractivity contribution in [1.82, 2.24) is 5.06 Å². The second kappa shape index (κ2) is 3.94. The number of benzene rings is 1. The molecule has 0 atom stereocenters. The molecule has 0 saturated carbocycles. The zero-order valence-corrected chi connectivity index (χ0v) is 9.11. The molecular weight excluding hydrogens is 208 g/mol. The van der Waals surface area contributed by atoms with Gasteiger partial charge in [-0.1, -0.05) is 6.07 Å². The van der Waals surface area contributed by atoms with Crippen molar-refractivity contribution in [2.45, 2.75) is 6.42 Å². The van der Waals surface area contributed by atoms with E-state index in [2.05, 4.69) is 5.32 Å². The molecule has 0 fully saturated rings. The highest BCUT2D eigenvalue weighted by Gasteiger charge is 2.20. The number of nitrogens with one attached hydrogen (secondary N) is 1. The number of amides is 2. The summed E-state index contributed by atoms with van der Waals surface area (Å²) in [4.78, 5) is 27.7. The lowest BCUT2D eigenvalue weighted by molar-refractivity contribution is -0.115. The first kappa shape index (κ1) is 10.6. The van der Waals surface area contributed by atoms with E-state index < -0.39 is 0 Å². The second-order valence-electron chi connectivity index (χ2n) is 3.58. The molecule has 1 N–H and O–H groups in total. The Morgan fingerprint density at radius 3 is 2.94 bits per heavy atom. The van der Waals surface area contributed by atoms with Gasteiger partial charge in [-0.25, -0.2) is 5.06 Å². The van der Waals surface area contributed by atoms with Gasteiger partial charge < -0.3 is 5.32 Å². The number of rotatable bonds is 2. The molecule has 0 unspecified atom stereocenters. The van der Waals surface area contributed by atoms with E-state index in [1.54, 1.807) is 18.2 Å². The number of carbonyl (C=O) groups is 2. The highest BCUT2D eigenvalue weighted by atomic mass is 16.7. The molecule has 0 spiro atoms. The van der Waals surface area contributed by atoms with E-state index in [0.29, 0.717) is 17.7 Å². The van der Waals surface area contributed by atoms with Gasteiger partial charge in [-0.05, 0) is 17.7 Å². The fourth-order valence-electron chi connectivity index (χ4n) is 1.61. The fraction of sp³-hybridized carbons (Fsp3) is 0.273. The summed E-state index contributed by atoms with van der Waals surface area (Å²) in [5.74, 6) is -0.286. The molecule has 1 aromatic carbocycles. The molecule has 0 aliphatic carbocycles. The van der Waals surface area contributed by atoms with Crippen molar-refractivity contribution in [2.75, 3.05) is 19.5 Å². The quantitative estimate of drug-likeness (QED) is 0.750. The Morgan fingerprint density at radius 1 is 1.50 bits per heavy atom. The topological polar surface area (TPSA) is 58.6 Å². The lowest BCUT2D eigenvalue weighted by Gasteiger charge is -2.13. The molecule has 0 bridgehead atoms. The molecule has 1 aliphatic rings. The maximum atomic E-state index is 11.7. The fourth-order valence-corrected chi connectivity index (χ4v) is 1.61. The van der Waals surface area contributed by atoms with Gasteiger partial charge >= 0.3 is 0 Å². The average Bonchev–Trinajstić information content (AvgIpc) is 2.65. The van der Waals surface area contributed by atoms with Crippen molar-refractivity contribution < 1.29 is 14.4 Å². The third-order valence-corrected chi connectivity index (χ3v) is 2.54. The highest BCUT2D eigenvalue weighted by molar-refractivity contribution is 6.02. The van der Waals surface area contributed by atoms with Crippen LogP contribution in [0.2, 0.25) is 0 Å². The van der Waals surface area contributed by atoms with Gasteiger partial charge in [-0.15, -0.1) is 0 Å². The van der Waals surface area contributed by atoms with Crippen molar-refractivity contribution in [3.05, 3.63) is 29.3 Å². The van der Waals surface area contributed by atoms with Crippen molar-refractivity contribution in [2.24, 2.45) is 0 Å². The number of fused-ring (bicyclic) bond motifs is 1. The third-order valence-electron chi connectivity index (χ3n) is 2.54. The zero-order chi connectivity index (χ0) is 11.7. The van der Waals surface area contributed by atoms with E-state index in [1.807, 2.05) is 0 Å². The monoisotopic (exact) mass is 220 g/mol. The minimum absolute atomic E-state index is 0.0419. The minimum Gasteiger partial charge on any atom is -0.326 e. The van der Waals surface area contributed by atoms with Crippen molar-refractivity contribution >= 4 is 17.5 Å². The number of hydroxylamine groups is 2. The van der Waals surface area contributed by atoms with Crippen LogP contribution in [0.3, 0.4) is 0 Å². The maximum Gasteiger partial charge on any atom is 0.277 e. The predicted molar refractivity (Wildman–Crippen MR) is 57.9 cm³/mol. The normalized spacial score (nSPS) is 13.2. The Morgan fingerprint density at radius 2 is 2.25 bits per heavy atom. The van der Waals surface area contributed by atoms with Gasteiger partial charge in [0.05, 0.1) is 13.5 Å². The standard InChI is InChI=1S/C11H12N2O3/c1-13(16-2)11(15)8-4-3-7-6-10(14)12-9(7)5-8/h3-5H,6H2,1-2H3,(H,12,14). The molecule has 16 heavy (non-hydrogen) atoms. The third kappa shape index (κ3) is 1.77. The van der Waals surface area contributed by atoms with Crippen molar-refractivity contribution in [1.29, 1.82) is 0 Å². The Kier molecular flexibility index (Phi) is 2.62. The van der Waals surface area contributed by atoms with Crippen molar-refractivity contribution in [3.8, 4) is 0 Å². The van der Waals surface area contributed by atoms with Crippen molar-refractivity contribution in [3.63, 3.8) is 0 Å². The first-order valence-electron chi connectivity index (χ1n) is 4.87. The molecule has 0 saturated heterocycles. The molecule has 1 aromatic rings. The minimum atomic E-state index is -0.244. The molecule has 1 heterocycles. The van der Waals surface area contributed by atoms with Gasteiger partial charge in [0.15, 0.2) is 0 Å². The van der Waals surface area contributed by atoms with Gasteiger partial charge in [-0.3, -0.25) is 14.4 Å². The summed E-state index contributed by atoms with van der Waals surface area (Å²) in [5.41, 5.74) is 2.12. The SMILES string of the molecule is CON(C)C(=O)c1ccc2c(c1)NC(=O)C2. The lowest BCUT2D eigenvalue weighted by Crippen LogP contribution is -2.25. The van der Waals surface area contributed by atoms with Crippen LogP contribution >= 0.6 is 0 Å². The van der Waals surface area contributed by atoms with Crippen LogP contribution in [0.4, 0.5) is 5.69 Å². The molecule has 0 aromatic heterocycles. The van der Waals surface area contributed by atoms with Crippen LogP contribution in [-0.2, 0) is 16.1 Å². The second-order valence-corrected chi connectivity index (χ2v) is 3.58. The summed E-state index contributed by atoms with van der Waals surface area (Å²) in [6, 6.07) is 5.14. The number of hydrogen-bond acceptors (Lipinski definition) is 3. The van der Waals surface area contributed by atoms with Gasteiger partial charge in [-0.2, -0.15) is 0 Å². The maximum absolute atomic E-state index is 11.7. The van der Waals surface area contributed by atoms with Gasteiger partial charge in [0, 0.05) is 18.3 Å². The first-order chi connectivity index (χ1) is 7.61. The molecule has 2 rings (SSSR count). The summed E-state index contributed by atoms with van der Waals surface area (Å²) < 4.78 is 0. The number of carbonyl (C=O) groups excluding carboxylic acids is 2. The summed E-state index contributed by atoms with van der Waals surface area (Å²) in [6.07, 6.45) is 0.379. The van der Waals surface area contributed by atoms with Crippen LogP contribution < -0.4 is 5.32 Å². The van der Waals surface area contributed by atoms with Crippen LogP contribution in [0, 0.1) is 0 Å². The average molecular weight is 220 g/mol. The molecule has 5 heteroatoms. The van der Waals surface area contributed by atoms with Crippen LogP contribution in [0.5, 0.6) is 0 Å². The number of nitrogens with zero attached hydrogens (tertiary/aromatic N) is 1. The summed E-state index contributed by atoms with van der Waals surface area (Å²) in [7, 11) is 2.96. The molecule has 1 aliphatic heterocycles. The summed E-state index contributed by atoms with van der Waals surface area (Å²) in [5, 5.41) is 3.84. The smallest absolute Gasteiger partial charge is 0.277 e. The predicted octanol–water partition coefficient (Wildman–Crippen LogP) is 0.815. The van der Waals surface area contributed by atoms with E-state index in [9.17, 15) is 9.59 Å². The van der Waals surface area contributed by atoms with Crippen LogP contribution in [0.1, 0.15) is 15.9 Å². The van der Waals surface area contributed by atoms with Crippen LogP contribution in [0.25, 0.3) is 0 Å². The van der Waals surface area contributed by atoms with Gasteiger partial charge in [0.1, 0.15) is 0 Å². The first-order valence-corrected chi connectivity index (χ1v) is 4.87. The van der Waals surface area contributed by atoms with E-state index in [-0.39, 0.29) is 11.8 Å². The van der Waals surface area contributed by atoms with E-state index in [1.165, 1.54) is 14.2 Å². The highest BCUT2D eigenvalue weighted by Crippen LogP contribution is 2.24. The Bertz CT molecular complexity index is 457. The molecule has 2 amide bonds. The van der Waals surface area contributed by atoms with Gasteiger partial charge in [0.25, 0.3) is 5.91 Å². The van der Waals surface area contributed by atoms with E-state index in [0.717, 1.165) is 10.6 Å². The Balaban J connectivity index is 2.29. The molecule has 5 nitrogen and oxygen atoms in total. The summed E-state index contributed by atoms with van der Waals surface area (Å²) >= 11 is 0. The van der Waals surface area contributed by atoms with Crippen LogP contribution in [0.15, 0.2) is 18.2 Å². The Hall–Kier alpha value is -1.88. The van der Waals surface area contributed by atoms with Gasteiger partial charge in [0.2, 0.25) is 5.91 Å².